The summed E-state index contributed by atoms with van der Waals surface area (Å²) in [6.07, 6.45) is 15.1. The van der Waals surface area contributed by atoms with Gasteiger partial charge in [0.15, 0.2) is 0 Å². The molecule has 0 saturated heterocycles. The van der Waals surface area contributed by atoms with Crippen LogP contribution in [0.15, 0.2) is 24.3 Å². The van der Waals surface area contributed by atoms with Crippen molar-refractivity contribution in [2.75, 3.05) is 5.32 Å². The SMILES string of the molecule is CCCCCCCCCCCCCC(=O)Nc1ccc(C)cc1. The summed E-state index contributed by atoms with van der Waals surface area (Å²) in [5, 5.41) is 2.97. The minimum Gasteiger partial charge on any atom is -0.326 e. The molecule has 0 aromatic heterocycles. The Bertz CT molecular complexity index is 410. The highest BCUT2D eigenvalue weighted by atomic mass is 16.1. The van der Waals surface area contributed by atoms with Crippen LogP contribution in [0.4, 0.5) is 5.69 Å². The molecule has 0 saturated carbocycles. The van der Waals surface area contributed by atoms with Gasteiger partial charge in [0, 0.05) is 12.1 Å². The molecule has 0 heterocycles. The average Bonchev–Trinajstić information content (AvgIpc) is 2.55. The second kappa shape index (κ2) is 13.2. The first kappa shape index (κ1) is 19.7. The summed E-state index contributed by atoms with van der Waals surface area (Å²) in [6, 6.07) is 7.98. The summed E-state index contributed by atoms with van der Waals surface area (Å²) in [6.45, 7) is 4.32. The van der Waals surface area contributed by atoms with Crippen LogP contribution in [0.1, 0.15) is 89.5 Å². The largest absolute Gasteiger partial charge is 0.326 e. The average molecular weight is 318 g/mol. The number of rotatable bonds is 13. The van der Waals surface area contributed by atoms with Crippen LogP contribution in [0.5, 0.6) is 0 Å². The van der Waals surface area contributed by atoms with Crippen molar-refractivity contribution < 1.29 is 4.79 Å². The number of hydrogen-bond donors (Lipinski definition) is 1. The van der Waals surface area contributed by atoms with Gasteiger partial charge in [0.2, 0.25) is 5.91 Å². The van der Waals surface area contributed by atoms with Gasteiger partial charge < -0.3 is 5.32 Å². The third kappa shape index (κ3) is 11.0. The topological polar surface area (TPSA) is 29.1 Å². The molecule has 0 unspecified atom stereocenters. The molecule has 0 aliphatic heterocycles. The van der Waals surface area contributed by atoms with E-state index in [4.69, 9.17) is 0 Å². The molecule has 0 fully saturated rings. The van der Waals surface area contributed by atoms with Crippen molar-refractivity contribution in [1.29, 1.82) is 0 Å². The Kier molecular flexibility index (Phi) is 11.3. The number of hydrogen-bond acceptors (Lipinski definition) is 1. The monoisotopic (exact) mass is 317 g/mol. The first-order chi connectivity index (χ1) is 11.2. The number of benzene rings is 1. The number of carbonyl (C=O) groups excluding carboxylic acids is 1. The van der Waals surface area contributed by atoms with Gasteiger partial charge >= 0.3 is 0 Å². The van der Waals surface area contributed by atoms with Gasteiger partial charge in [-0.05, 0) is 25.5 Å². The van der Waals surface area contributed by atoms with Gasteiger partial charge in [-0.1, -0.05) is 88.8 Å². The van der Waals surface area contributed by atoms with E-state index in [2.05, 4.69) is 19.2 Å². The molecule has 1 rings (SSSR count). The number of carbonyl (C=O) groups is 1. The van der Waals surface area contributed by atoms with E-state index in [0.717, 1.165) is 12.1 Å². The molecule has 1 N–H and O–H groups in total. The fraction of sp³-hybridized carbons (Fsp3) is 0.667. The predicted molar refractivity (Wildman–Crippen MR) is 101 cm³/mol. The van der Waals surface area contributed by atoms with E-state index < -0.39 is 0 Å². The van der Waals surface area contributed by atoms with Crippen LogP contribution in [0.2, 0.25) is 0 Å². The van der Waals surface area contributed by atoms with Crippen molar-refractivity contribution in [2.45, 2.75) is 90.9 Å². The van der Waals surface area contributed by atoms with Crippen molar-refractivity contribution in [3.05, 3.63) is 29.8 Å². The Morgan fingerprint density at radius 3 is 1.78 bits per heavy atom. The van der Waals surface area contributed by atoms with E-state index in [1.807, 2.05) is 24.3 Å². The summed E-state index contributed by atoms with van der Waals surface area (Å²) >= 11 is 0. The molecule has 2 heteroatoms. The van der Waals surface area contributed by atoms with E-state index in [0.29, 0.717) is 6.42 Å². The third-order valence-corrected chi connectivity index (χ3v) is 4.34. The van der Waals surface area contributed by atoms with Gasteiger partial charge in [-0.3, -0.25) is 4.79 Å². The summed E-state index contributed by atoms with van der Waals surface area (Å²) < 4.78 is 0. The predicted octanol–water partition coefficient (Wildman–Crippen LogP) is 6.63. The van der Waals surface area contributed by atoms with Crippen molar-refractivity contribution in [2.24, 2.45) is 0 Å². The van der Waals surface area contributed by atoms with Crippen LogP contribution >= 0.6 is 0 Å². The summed E-state index contributed by atoms with van der Waals surface area (Å²) in [5.41, 5.74) is 2.12. The van der Waals surface area contributed by atoms with Crippen molar-refractivity contribution in [3.8, 4) is 0 Å². The number of anilines is 1. The lowest BCUT2D eigenvalue weighted by Crippen LogP contribution is -2.10. The van der Waals surface area contributed by atoms with Gasteiger partial charge in [-0.2, -0.15) is 0 Å². The Morgan fingerprint density at radius 1 is 0.783 bits per heavy atom. The molecule has 1 aromatic carbocycles. The molecule has 0 radical (unpaired) electrons. The standard InChI is InChI=1S/C21H35NO/c1-3-4-5-6-7-8-9-10-11-12-13-14-21(23)22-20-17-15-19(2)16-18-20/h15-18H,3-14H2,1-2H3,(H,22,23). The first-order valence-electron chi connectivity index (χ1n) is 9.59. The highest BCUT2D eigenvalue weighted by molar-refractivity contribution is 5.90. The minimum atomic E-state index is 0.143. The fourth-order valence-electron chi connectivity index (χ4n) is 2.81. The maximum absolute atomic E-state index is 11.8. The zero-order valence-electron chi connectivity index (χ0n) is 15.2. The van der Waals surface area contributed by atoms with Crippen LogP contribution < -0.4 is 5.32 Å². The molecule has 130 valence electrons. The van der Waals surface area contributed by atoms with Gasteiger partial charge in [-0.15, -0.1) is 0 Å². The Balaban J connectivity index is 1.90. The maximum atomic E-state index is 11.8. The molecule has 1 amide bonds. The lowest BCUT2D eigenvalue weighted by Gasteiger charge is -2.06. The Hall–Kier alpha value is -1.31. The molecule has 0 aliphatic carbocycles. The van der Waals surface area contributed by atoms with Gasteiger partial charge in [0.1, 0.15) is 0 Å². The summed E-state index contributed by atoms with van der Waals surface area (Å²) in [7, 11) is 0. The number of nitrogens with one attached hydrogen (secondary N) is 1. The van der Waals surface area contributed by atoms with Crippen LogP contribution in [0.3, 0.4) is 0 Å². The number of amides is 1. The summed E-state index contributed by atoms with van der Waals surface area (Å²) in [5.74, 6) is 0.143. The molecular formula is C21H35NO. The van der Waals surface area contributed by atoms with Gasteiger partial charge in [0.25, 0.3) is 0 Å². The van der Waals surface area contributed by atoms with Crippen molar-refractivity contribution >= 4 is 11.6 Å². The van der Waals surface area contributed by atoms with Crippen LogP contribution in [-0.4, -0.2) is 5.91 Å². The molecule has 0 bridgehead atoms. The zero-order chi connectivity index (χ0) is 16.8. The van der Waals surface area contributed by atoms with Crippen LogP contribution in [0, 0.1) is 6.92 Å². The summed E-state index contributed by atoms with van der Waals surface area (Å²) in [4.78, 5) is 11.8. The van der Waals surface area contributed by atoms with E-state index in [1.54, 1.807) is 0 Å². The zero-order valence-corrected chi connectivity index (χ0v) is 15.2. The number of aryl methyl sites for hydroxylation is 1. The lowest BCUT2D eigenvalue weighted by molar-refractivity contribution is -0.116. The van der Waals surface area contributed by atoms with E-state index in [-0.39, 0.29) is 5.91 Å². The van der Waals surface area contributed by atoms with E-state index in [1.165, 1.54) is 69.8 Å². The lowest BCUT2D eigenvalue weighted by atomic mass is 10.1. The molecule has 0 aliphatic rings. The van der Waals surface area contributed by atoms with Gasteiger partial charge in [-0.25, -0.2) is 0 Å². The molecule has 0 spiro atoms. The third-order valence-electron chi connectivity index (χ3n) is 4.34. The van der Waals surface area contributed by atoms with E-state index in [9.17, 15) is 4.79 Å². The second-order valence-electron chi connectivity index (χ2n) is 6.70. The van der Waals surface area contributed by atoms with Crippen LogP contribution in [0.25, 0.3) is 0 Å². The molecule has 1 aromatic rings. The molecular weight excluding hydrogens is 282 g/mol. The first-order valence-corrected chi connectivity index (χ1v) is 9.59. The minimum absolute atomic E-state index is 0.143. The maximum Gasteiger partial charge on any atom is 0.224 e. The Morgan fingerprint density at radius 2 is 1.26 bits per heavy atom. The highest BCUT2D eigenvalue weighted by Gasteiger charge is 2.02. The van der Waals surface area contributed by atoms with Gasteiger partial charge in [0.05, 0.1) is 0 Å². The molecule has 23 heavy (non-hydrogen) atoms. The Labute approximate surface area is 143 Å². The number of unbranched alkanes of at least 4 members (excludes halogenated alkanes) is 10. The molecule has 0 atom stereocenters. The van der Waals surface area contributed by atoms with E-state index >= 15 is 0 Å². The second-order valence-corrected chi connectivity index (χ2v) is 6.70. The quantitative estimate of drug-likeness (QED) is 0.406. The highest BCUT2D eigenvalue weighted by Crippen LogP contribution is 2.13. The molecule has 2 nitrogen and oxygen atoms in total. The normalized spacial score (nSPS) is 10.7. The van der Waals surface area contributed by atoms with Crippen molar-refractivity contribution in [3.63, 3.8) is 0 Å². The van der Waals surface area contributed by atoms with Crippen LogP contribution in [-0.2, 0) is 4.79 Å². The van der Waals surface area contributed by atoms with Crippen molar-refractivity contribution in [1.82, 2.24) is 0 Å². The fourth-order valence-corrected chi connectivity index (χ4v) is 2.81. The smallest absolute Gasteiger partial charge is 0.224 e.